The molecular weight excluding hydrogens is 262 g/mol. The summed E-state index contributed by atoms with van der Waals surface area (Å²) in [7, 11) is 0. The van der Waals surface area contributed by atoms with E-state index in [-0.39, 0.29) is 23.8 Å². The molecule has 0 aliphatic rings. The molecule has 0 spiro atoms. The van der Waals surface area contributed by atoms with Gasteiger partial charge in [-0.15, -0.1) is 0 Å². The van der Waals surface area contributed by atoms with Gasteiger partial charge in [0.2, 0.25) is 11.8 Å². The second-order valence-electron chi connectivity index (χ2n) is 4.81. The Morgan fingerprint density at radius 3 is 2.50 bits per heavy atom. The first kappa shape index (κ1) is 16.1. The third-order valence-electron chi connectivity index (χ3n) is 3.13. The summed E-state index contributed by atoms with van der Waals surface area (Å²) in [4.78, 5) is 18.9. The van der Waals surface area contributed by atoms with Crippen molar-refractivity contribution in [2.24, 2.45) is 0 Å². The van der Waals surface area contributed by atoms with E-state index in [2.05, 4.69) is 20.6 Å². The van der Waals surface area contributed by atoms with Crippen LogP contribution >= 0.6 is 0 Å². The molecule has 1 heterocycles. The molecule has 0 saturated carbocycles. The number of hydrogen-bond acceptors (Lipinski definition) is 7. The number of aryl methyl sites for hydroxylation is 1. The molecule has 3 N–H and O–H groups in total. The number of aromatic nitrogens is 2. The summed E-state index contributed by atoms with van der Waals surface area (Å²) in [6, 6.07) is 0. The minimum absolute atomic E-state index is 0.122. The lowest BCUT2D eigenvalue weighted by Crippen LogP contribution is -2.38. The smallest absolute Gasteiger partial charge is 0.332 e. The van der Waals surface area contributed by atoms with Gasteiger partial charge in [-0.1, -0.05) is 6.92 Å². The summed E-state index contributed by atoms with van der Waals surface area (Å²) in [6.45, 7) is 7.57. The fourth-order valence-corrected chi connectivity index (χ4v) is 1.64. The Morgan fingerprint density at radius 2 is 2.05 bits per heavy atom. The summed E-state index contributed by atoms with van der Waals surface area (Å²) in [5, 5.41) is 26.5. The van der Waals surface area contributed by atoms with Gasteiger partial charge in [-0.2, -0.15) is 4.98 Å². The van der Waals surface area contributed by atoms with Gasteiger partial charge in [0, 0.05) is 6.54 Å². The molecule has 8 nitrogen and oxygen atoms in total. The van der Waals surface area contributed by atoms with Gasteiger partial charge in [-0.05, 0) is 27.2 Å². The Morgan fingerprint density at radius 1 is 1.40 bits per heavy atom. The molecule has 0 aliphatic heterocycles. The van der Waals surface area contributed by atoms with E-state index in [1.54, 1.807) is 13.8 Å². The maximum Gasteiger partial charge on any atom is 0.332 e. The number of anilines is 2. The first-order chi connectivity index (χ1) is 9.36. The molecule has 112 valence electrons. The highest BCUT2D eigenvalue weighted by molar-refractivity contribution is 5.61. The zero-order chi connectivity index (χ0) is 15.3. The van der Waals surface area contributed by atoms with Gasteiger partial charge in [0.25, 0.3) is 0 Å². The van der Waals surface area contributed by atoms with Crippen molar-refractivity contribution in [1.29, 1.82) is 0 Å². The van der Waals surface area contributed by atoms with Crippen LogP contribution in [0.4, 0.5) is 17.5 Å². The predicted octanol–water partition coefficient (Wildman–Crippen LogP) is 1.70. The van der Waals surface area contributed by atoms with Crippen molar-refractivity contribution in [3.8, 4) is 0 Å². The SMILES string of the molecule is CCNc1nc(C)c([N+](=O)[O-])c(NC(C)(CC)CO)n1. The van der Waals surface area contributed by atoms with E-state index in [1.807, 2.05) is 13.8 Å². The fourth-order valence-electron chi connectivity index (χ4n) is 1.64. The van der Waals surface area contributed by atoms with Crippen LogP contribution in [0.1, 0.15) is 32.9 Å². The number of aliphatic hydroxyl groups excluding tert-OH is 1. The molecule has 1 rings (SSSR count). The van der Waals surface area contributed by atoms with E-state index in [4.69, 9.17) is 0 Å². The second kappa shape index (κ2) is 6.47. The molecule has 0 amide bonds. The van der Waals surface area contributed by atoms with Gasteiger partial charge in [0.1, 0.15) is 5.69 Å². The molecular formula is C12H21N5O3. The Labute approximate surface area is 117 Å². The number of nitrogens with zero attached hydrogens (tertiary/aromatic N) is 3. The largest absolute Gasteiger partial charge is 0.394 e. The molecule has 1 unspecified atom stereocenters. The predicted molar refractivity (Wildman–Crippen MR) is 77.0 cm³/mol. The lowest BCUT2D eigenvalue weighted by Gasteiger charge is -2.27. The molecule has 20 heavy (non-hydrogen) atoms. The van der Waals surface area contributed by atoms with E-state index in [9.17, 15) is 15.2 Å². The topological polar surface area (TPSA) is 113 Å². The van der Waals surface area contributed by atoms with Gasteiger partial charge in [-0.25, -0.2) is 4.98 Å². The molecule has 0 saturated heterocycles. The molecule has 8 heteroatoms. The van der Waals surface area contributed by atoms with Crippen LogP contribution in [0, 0.1) is 17.0 Å². The van der Waals surface area contributed by atoms with Crippen molar-refractivity contribution in [1.82, 2.24) is 9.97 Å². The summed E-state index contributed by atoms with van der Waals surface area (Å²) >= 11 is 0. The van der Waals surface area contributed by atoms with E-state index in [0.717, 1.165) is 0 Å². The van der Waals surface area contributed by atoms with Crippen molar-refractivity contribution in [2.75, 3.05) is 23.8 Å². The normalized spacial score (nSPS) is 13.7. The number of rotatable bonds is 7. The van der Waals surface area contributed by atoms with E-state index in [0.29, 0.717) is 18.9 Å². The van der Waals surface area contributed by atoms with Crippen LogP contribution in [0.2, 0.25) is 0 Å². The first-order valence-corrected chi connectivity index (χ1v) is 6.52. The van der Waals surface area contributed by atoms with Crippen molar-refractivity contribution in [3.63, 3.8) is 0 Å². The van der Waals surface area contributed by atoms with Crippen molar-refractivity contribution < 1.29 is 10.0 Å². The third kappa shape index (κ3) is 3.53. The van der Waals surface area contributed by atoms with Crippen molar-refractivity contribution >= 4 is 17.5 Å². The third-order valence-corrected chi connectivity index (χ3v) is 3.13. The van der Waals surface area contributed by atoms with Crippen LogP contribution in [0.3, 0.4) is 0 Å². The van der Waals surface area contributed by atoms with Crippen LogP contribution in [0.15, 0.2) is 0 Å². The number of aliphatic hydroxyl groups is 1. The molecule has 0 radical (unpaired) electrons. The second-order valence-corrected chi connectivity index (χ2v) is 4.81. The standard InChI is InChI=1S/C12H21N5O3/c1-5-12(4,7-18)16-10-9(17(19)20)8(3)14-11(15-10)13-6-2/h18H,5-7H2,1-4H3,(H2,13,14,15,16). The van der Waals surface area contributed by atoms with Crippen LogP contribution in [-0.2, 0) is 0 Å². The van der Waals surface area contributed by atoms with Crippen LogP contribution in [0.5, 0.6) is 0 Å². The fraction of sp³-hybridized carbons (Fsp3) is 0.667. The van der Waals surface area contributed by atoms with Gasteiger partial charge in [0.05, 0.1) is 17.1 Å². The summed E-state index contributed by atoms with van der Waals surface area (Å²) in [5.74, 6) is 0.450. The summed E-state index contributed by atoms with van der Waals surface area (Å²) in [6.07, 6.45) is 0.597. The maximum absolute atomic E-state index is 11.2. The average Bonchev–Trinajstić information content (AvgIpc) is 2.38. The lowest BCUT2D eigenvalue weighted by atomic mass is 10.0. The van der Waals surface area contributed by atoms with Gasteiger partial charge >= 0.3 is 5.69 Å². The van der Waals surface area contributed by atoms with Gasteiger partial charge in [-0.3, -0.25) is 10.1 Å². The minimum atomic E-state index is -0.672. The highest BCUT2D eigenvalue weighted by Gasteiger charge is 2.28. The van der Waals surface area contributed by atoms with Crippen LogP contribution in [-0.4, -0.2) is 38.7 Å². The van der Waals surface area contributed by atoms with Crippen LogP contribution < -0.4 is 10.6 Å². The average molecular weight is 283 g/mol. The number of hydrogen-bond donors (Lipinski definition) is 3. The molecule has 0 aromatic carbocycles. The number of nitro groups is 1. The Bertz CT molecular complexity index is 488. The maximum atomic E-state index is 11.2. The number of nitrogens with one attached hydrogen (secondary N) is 2. The van der Waals surface area contributed by atoms with E-state index >= 15 is 0 Å². The van der Waals surface area contributed by atoms with E-state index in [1.165, 1.54) is 0 Å². The monoisotopic (exact) mass is 283 g/mol. The summed E-state index contributed by atoms with van der Waals surface area (Å²) in [5.41, 5.74) is -0.561. The molecule has 0 fully saturated rings. The van der Waals surface area contributed by atoms with Crippen molar-refractivity contribution in [2.45, 2.75) is 39.7 Å². The Balaban J connectivity index is 3.29. The highest BCUT2D eigenvalue weighted by atomic mass is 16.6. The van der Waals surface area contributed by atoms with E-state index < -0.39 is 10.5 Å². The lowest BCUT2D eigenvalue weighted by molar-refractivity contribution is -0.385. The Hall–Kier alpha value is -1.96. The van der Waals surface area contributed by atoms with Gasteiger partial charge in [0.15, 0.2) is 0 Å². The molecule has 1 aromatic heterocycles. The molecule has 0 bridgehead atoms. The first-order valence-electron chi connectivity index (χ1n) is 6.52. The van der Waals surface area contributed by atoms with Crippen LogP contribution in [0.25, 0.3) is 0 Å². The Kier molecular flexibility index (Phi) is 5.20. The molecule has 1 aromatic rings. The van der Waals surface area contributed by atoms with Gasteiger partial charge < -0.3 is 15.7 Å². The van der Waals surface area contributed by atoms with Crippen molar-refractivity contribution in [3.05, 3.63) is 15.8 Å². The molecule has 0 aliphatic carbocycles. The summed E-state index contributed by atoms with van der Waals surface area (Å²) < 4.78 is 0. The highest BCUT2D eigenvalue weighted by Crippen LogP contribution is 2.29. The quantitative estimate of drug-likeness (QED) is 0.515. The molecule has 1 atom stereocenters. The minimum Gasteiger partial charge on any atom is -0.394 e. The zero-order valence-corrected chi connectivity index (χ0v) is 12.2. The zero-order valence-electron chi connectivity index (χ0n) is 12.2.